The molecule has 41 heavy (non-hydrogen) atoms. The quantitative estimate of drug-likeness (QED) is 0.527. The largest absolute Gasteiger partial charge is 0.341 e. The molecular formula is C32H43N5O4. The van der Waals surface area contributed by atoms with Gasteiger partial charge in [0.1, 0.15) is 17.6 Å². The Morgan fingerprint density at radius 3 is 2.46 bits per heavy atom. The summed E-state index contributed by atoms with van der Waals surface area (Å²) >= 11 is 0. The molecule has 5 atom stereocenters. The molecule has 5 rings (SSSR count). The number of likely N-dealkylation sites (tertiary alicyclic amines) is 1. The van der Waals surface area contributed by atoms with Gasteiger partial charge >= 0.3 is 0 Å². The van der Waals surface area contributed by atoms with Crippen LogP contribution in [0.15, 0.2) is 24.3 Å². The van der Waals surface area contributed by atoms with Crippen LogP contribution in [0.5, 0.6) is 0 Å². The molecule has 2 unspecified atom stereocenters. The van der Waals surface area contributed by atoms with Gasteiger partial charge in [-0.3, -0.25) is 19.2 Å². The number of rotatable bonds is 7. The second kappa shape index (κ2) is 10.1. The number of benzene rings is 1. The lowest BCUT2D eigenvalue weighted by Gasteiger charge is -2.37. The van der Waals surface area contributed by atoms with Crippen molar-refractivity contribution >= 4 is 29.3 Å². The SMILES string of the molecule is CC(C)C[C@@H](C(=O)N1C[C@]2(C[C@H]1C#N)C(=O)Nc1ccccc12)N(C)C(=O)C1(NC(=O)C(C)(C)C)CC1C1CCC1. The Bertz CT molecular complexity index is 1310. The highest BCUT2D eigenvalue weighted by Crippen LogP contribution is 2.56. The van der Waals surface area contributed by atoms with Crippen LogP contribution in [0.1, 0.15) is 78.7 Å². The molecule has 0 aromatic heterocycles. The van der Waals surface area contributed by atoms with Gasteiger partial charge in [0, 0.05) is 31.1 Å². The number of carbonyl (C=O) groups excluding carboxylic acids is 4. The average Bonchev–Trinajstić information content (AvgIpc) is 3.32. The lowest BCUT2D eigenvalue weighted by molar-refractivity contribution is -0.148. The fourth-order valence-corrected chi connectivity index (χ4v) is 7.04. The molecule has 4 amide bonds. The van der Waals surface area contributed by atoms with Crippen molar-refractivity contribution in [1.29, 1.82) is 5.26 Å². The first-order valence-corrected chi connectivity index (χ1v) is 15.0. The van der Waals surface area contributed by atoms with Crippen LogP contribution in [0.4, 0.5) is 5.69 Å². The van der Waals surface area contributed by atoms with E-state index in [4.69, 9.17) is 0 Å². The van der Waals surface area contributed by atoms with Gasteiger partial charge in [0.15, 0.2) is 0 Å². The van der Waals surface area contributed by atoms with Gasteiger partial charge in [-0.25, -0.2) is 0 Å². The molecule has 1 saturated heterocycles. The van der Waals surface area contributed by atoms with Crippen molar-refractivity contribution in [3.05, 3.63) is 29.8 Å². The lowest BCUT2D eigenvalue weighted by atomic mass is 9.79. The topological polar surface area (TPSA) is 123 Å². The van der Waals surface area contributed by atoms with E-state index < -0.39 is 28.5 Å². The van der Waals surface area contributed by atoms with Crippen LogP contribution in [-0.4, -0.2) is 64.6 Å². The molecule has 4 aliphatic rings. The van der Waals surface area contributed by atoms with E-state index in [-0.39, 0.29) is 48.4 Å². The summed E-state index contributed by atoms with van der Waals surface area (Å²) in [6, 6.07) is 8.07. The van der Waals surface area contributed by atoms with E-state index in [1.165, 1.54) is 9.80 Å². The third kappa shape index (κ3) is 4.79. The highest BCUT2D eigenvalue weighted by atomic mass is 16.2. The molecule has 0 radical (unpaired) electrons. The Kier molecular flexibility index (Phi) is 7.20. The number of likely N-dealkylation sites (N-methyl/N-ethyl adjacent to an activating group) is 1. The summed E-state index contributed by atoms with van der Waals surface area (Å²) in [5.41, 5.74) is -1.15. The maximum atomic E-state index is 14.3. The van der Waals surface area contributed by atoms with Crippen molar-refractivity contribution in [2.45, 2.75) is 96.2 Å². The van der Waals surface area contributed by atoms with Gasteiger partial charge in [0.2, 0.25) is 23.6 Å². The lowest BCUT2D eigenvalue weighted by Crippen LogP contribution is -2.59. The van der Waals surface area contributed by atoms with Crippen LogP contribution in [0.2, 0.25) is 0 Å². The van der Waals surface area contributed by atoms with Crippen LogP contribution in [0.3, 0.4) is 0 Å². The monoisotopic (exact) mass is 561 g/mol. The molecule has 2 aliphatic carbocycles. The van der Waals surface area contributed by atoms with Gasteiger partial charge in [-0.2, -0.15) is 5.26 Å². The number of nitrogens with zero attached hydrogens (tertiary/aromatic N) is 3. The summed E-state index contributed by atoms with van der Waals surface area (Å²) in [6.45, 7) is 9.58. The zero-order valence-corrected chi connectivity index (χ0v) is 25.1. The predicted octanol–water partition coefficient (Wildman–Crippen LogP) is 3.60. The third-order valence-electron chi connectivity index (χ3n) is 9.82. The summed E-state index contributed by atoms with van der Waals surface area (Å²) < 4.78 is 0. The zero-order valence-electron chi connectivity index (χ0n) is 25.1. The Labute approximate surface area is 243 Å². The highest BCUT2D eigenvalue weighted by molar-refractivity contribution is 6.07. The van der Waals surface area contributed by atoms with Gasteiger partial charge in [-0.15, -0.1) is 0 Å². The van der Waals surface area contributed by atoms with Crippen molar-refractivity contribution in [3.8, 4) is 6.07 Å². The van der Waals surface area contributed by atoms with Crippen LogP contribution in [-0.2, 0) is 24.6 Å². The van der Waals surface area contributed by atoms with Gasteiger partial charge in [-0.05, 0) is 42.2 Å². The molecule has 9 heteroatoms. The summed E-state index contributed by atoms with van der Waals surface area (Å²) in [4.78, 5) is 58.1. The molecule has 9 nitrogen and oxygen atoms in total. The van der Waals surface area contributed by atoms with Crippen molar-refractivity contribution in [3.63, 3.8) is 0 Å². The number of amides is 4. The van der Waals surface area contributed by atoms with E-state index in [9.17, 15) is 24.4 Å². The Morgan fingerprint density at radius 2 is 1.88 bits per heavy atom. The maximum absolute atomic E-state index is 14.3. The summed E-state index contributed by atoms with van der Waals surface area (Å²) in [6.07, 6.45) is 4.42. The normalized spacial score (nSPS) is 29.4. The number of fused-ring (bicyclic) bond motifs is 2. The van der Waals surface area contributed by atoms with E-state index in [2.05, 4.69) is 16.7 Å². The molecule has 2 N–H and O–H groups in total. The average molecular weight is 562 g/mol. The van der Waals surface area contributed by atoms with Crippen molar-refractivity contribution in [1.82, 2.24) is 15.1 Å². The molecule has 1 spiro atoms. The highest BCUT2D eigenvalue weighted by Gasteiger charge is 2.66. The van der Waals surface area contributed by atoms with Crippen LogP contribution < -0.4 is 10.6 Å². The molecule has 220 valence electrons. The molecule has 3 fully saturated rings. The summed E-state index contributed by atoms with van der Waals surface area (Å²) in [5.74, 6) is -0.393. The second-order valence-corrected chi connectivity index (χ2v) is 14.1. The van der Waals surface area contributed by atoms with Crippen LogP contribution in [0, 0.1) is 34.5 Å². The van der Waals surface area contributed by atoms with E-state index in [0.29, 0.717) is 24.4 Å². The number of hydrogen-bond acceptors (Lipinski definition) is 5. The Hall–Kier alpha value is -3.41. The van der Waals surface area contributed by atoms with Gasteiger partial charge in [0.05, 0.1) is 11.5 Å². The molecule has 1 aromatic rings. The van der Waals surface area contributed by atoms with Crippen molar-refractivity contribution in [2.24, 2.45) is 23.2 Å². The molecule has 1 aromatic carbocycles. The van der Waals surface area contributed by atoms with Gasteiger partial charge in [-0.1, -0.05) is 72.1 Å². The molecule has 2 saturated carbocycles. The third-order valence-corrected chi connectivity index (χ3v) is 9.82. The number of nitrogens with one attached hydrogen (secondary N) is 2. The predicted molar refractivity (Wildman–Crippen MR) is 154 cm³/mol. The first kappa shape index (κ1) is 29.1. The first-order chi connectivity index (χ1) is 19.2. The smallest absolute Gasteiger partial charge is 0.249 e. The standard InChI is InChI=1S/C32H43N5O4/c1-19(2)14-25(36(6)29(41)32(35-27(39)30(3,4)5)16-23(32)20-10-9-11-20)26(38)37-18-31(15-21(37)17-33)22-12-7-8-13-24(22)34-28(31)40/h7-8,12-13,19-21,23,25H,9-11,14-16,18H2,1-6H3,(H,34,40)(H,35,39)/t21-,23?,25-,31-,32?/m0/s1. The van der Waals surface area contributed by atoms with Gasteiger partial charge < -0.3 is 20.4 Å². The van der Waals surface area contributed by atoms with Crippen LogP contribution in [0.25, 0.3) is 0 Å². The fourth-order valence-electron chi connectivity index (χ4n) is 7.04. The number of anilines is 1. The van der Waals surface area contributed by atoms with E-state index >= 15 is 0 Å². The minimum Gasteiger partial charge on any atom is -0.341 e. The molecule has 2 aliphatic heterocycles. The zero-order chi connectivity index (χ0) is 29.9. The molecule has 0 bridgehead atoms. The van der Waals surface area contributed by atoms with E-state index in [0.717, 1.165) is 24.8 Å². The minimum atomic E-state index is -1.01. The number of nitriles is 1. The van der Waals surface area contributed by atoms with Crippen molar-refractivity contribution in [2.75, 3.05) is 18.9 Å². The van der Waals surface area contributed by atoms with E-state index in [1.807, 2.05) is 58.9 Å². The number of para-hydroxylation sites is 1. The Balaban J connectivity index is 1.44. The molecule has 2 heterocycles. The molecular weight excluding hydrogens is 518 g/mol. The fraction of sp³-hybridized carbons (Fsp3) is 0.656. The van der Waals surface area contributed by atoms with Crippen molar-refractivity contribution < 1.29 is 19.2 Å². The second-order valence-electron chi connectivity index (χ2n) is 14.1. The minimum absolute atomic E-state index is 0.0629. The summed E-state index contributed by atoms with van der Waals surface area (Å²) in [5, 5.41) is 16.2. The van der Waals surface area contributed by atoms with Gasteiger partial charge in [0.25, 0.3) is 0 Å². The maximum Gasteiger partial charge on any atom is 0.249 e. The number of carbonyl (C=O) groups is 4. The first-order valence-electron chi connectivity index (χ1n) is 15.0. The summed E-state index contributed by atoms with van der Waals surface area (Å²) in [7, 11) is 1.65. The van der Waals surface area contributed by atoms with Crippen LogP contribution >= 0.6 is 0 Å². The van der Waals surface area contributed by atoms with E-state index in [1.54, 1.807) is 7.05 Å². The Morgan fingerprint density at radius 1 is 1.20 bits per heavy atom. The number of hydrogen-bond donors (Lipinski definition) is 2.